The van der Waals surface area contributed by atoms with Crippen molar-refractivity contribution in [3.05, 3.63) is 22.8 Å². The van der Waals surface area contributed by atoms with E-state index in [1.165, 1.54) is 0 Å². The van der Waals surface area contributed by atoms with E-state index in [1.54, 1.807) is 6.20 Å². The molecule has 0 radical (unpaired) electrons. The van der Waals surface area contributed by atoms with Crippen molar-refractivity contribution in [2.75, 3.05) is 20.7 Å². The molecule has 1 heterocycles. The molecule has 15 heavy (non-hydrogen) atoms. The summed E-state index contributed by atoms with van der Waals surface area (Å²) in [5.41, 5.74) is -0.00301. The molecule has 0 spiro atoms. The third kappa shape index (κ3) is 3.47. The molecule has 0 saturated heterocycles. The zero-order valence-electron chi connectivity index (χ0n) is 9.62. The number of likely N-dealkylation sites (N-methyl/N-ethyl adjacent to an activating group) is 1. The van der Waals surface area contributed by atoms with Crippen LogP contribution in [0.25, 0.3) is 0 Å². The van der Waals surface area contributed by atoms with Crippen molar-refractivity contribution >= 4 is 15.9 Å². The van der Waals surface area contributed by atoms with Crippen LogP contribution in [-0.4, -0.2) is 36.1 Å². The zero-order valence-corrected chi connectivity index (χ0v) is 11.2. The van der Waals surface area contributed by atoms with E-state index < -0.39 is 0 Å². The molecule has 0 saturated carbocycles. The Morgan fingerprint density at radius 2 is 2.13 bits per heavy atom. The summed E-state index contributed by atoms with van der Waals surface area (Å²) >= 11 is 3.40. The number of halogens is 1. The predicted octanol–water partition coefficient (Wildman–Crippen LogP) is 2.56. The molecule has 0 fully saturated rings. The van der Waals surface area contributed by atoms with Crippen molar-refractivity contribution in [3.63, 3.8) is 0 Å². The van der Waals surface area contributed by atoms with Crippen LogP contribution in [0.15, 0.2) is 22.8 Å². The van der Waals surface area contributed by atoms with E-state index in [0.717, 1.165) is 4.47 Å². The molecule has 1 aromatic heterocycles. The minimum atomic E-state index is -0.00301. The van der Waals surface area contributed by atoms with Gasteiger partial charge in [-0.25, -0.2) is 4.98 Å². The van der Waals surface area contributed by atoms with Gasteiger partial charge < -0.3 is 9.64 Å². The van der Waals surface area contributed by atoms with Crippen LogP contribution >= 0.6 is 15.9 Å². The summed E-state index contributed by atoms with van der Waals surface area (Å²) in [7, 11) is 4.08. The van der Waals surface area contributed by atoms with E-state index in [0.29, 0.717) is 12.5 Å². The zero-order chi connectivity index (χ0) is 11.5. The average molecular weight is 273 g/mol. The Hall–Kier alpha value is -0.610. The Labute approximate surface area is 99.6 Å². The fourth-order valence-corrected chi connectivity index (χ4v) is 1.22. The Morgan fingerprint density at radius 1 is 1.47 bits per heavy atom. The minimum Gasteiger partial charge on any atom is -0.475 e. The van der Waals surface area contributed by atoms with E-state index in [4.69, 9.17) is 4.74 Å². The lowest BCUT2D eigenvalue weighted by Crippen LogP contribution is -2.43. The quantitative estimate of drug-likeness (QED) is 0.843. The van der Waals surface area contributed by atoms with Gasteiger partial charge in [0, 0.05) is 11.7 Å². The minimum absolute atomic E-state index is 0.00301. The highest BCUT2D eigenvalue weighted by atomic mass is 79.9. The Morgan fingerprint density at radius 3 is 2.67 bits per heavy atom. The van der Waals surface area contributed by atoms with Crippen LogP contribution in [0.1, 0.15) is 13.8 Å². The maximum atomic E-state index is 5.66. The second kappa shape index (κ2) is 4.94. The molecule has 0 aliphatic rings. The van der Waals surface area contributed by atoms with Crippen LogP contribution < -0.4 is 4.74 Å². The van der Waals surface area contributed by atoms with Crippen molar-refractivity contribution in [2.24, 2.45) is 0 Å². The lowest BCUT2D eigenvalue weighted by molar-refractivity contribution is 0.110. The number of hydrogen-bond acceptors (Lipinski definition) is 3. The first kappa shape index (κ1) is 12.5. The van der Waals surface area contributed by atoms with Crippen molar-refractivity contribution in [3.8, 4) is 5.88 Å². The van der Waals surface area contributed by atoms with Gasteiger partial charge in [-0.1, -0.05) is 0 Å². The van der Waals surface area contributed by atoms with E-state index in [1.807, 2.05) is 26.2 Å². The van der Waals surface area contributed by atoms with Crippen LogP contribution in [0.3, 0.4) is 0 Å². The Balaban J connectivity index is 2.62. The second-order valence-corrected chi connectivity index (χ2v) is 5.14. The van der Waals surface area contributed by atoms with E-state index in [-0.39, 0.29) is 5.54 Å². The first-order chi connectivity index (χ1) is 6.93. The lowest BCUT2D eigenvalue weighted by Gasteiger charge is -2.31. The summed E-state index contributed by atoms with van der Waals surface area (Å²) in [4.78, 5) is 6.28. The maximum absolute atomic E-state index is 5.66. The summed E-state index contributed by atoms with van der Waals surface area (Å²) in [6.45, 7) is 4.86. The number of aromatic nitrogens is 1. The highest BCUT2D eigenvalue weighted by Gasteiger charge is 2.21. The van der Waals surface area contributed by atoms with Gasteiger partial charge in [-0.3, -0.25) is 0 Å². The molecule has 0 bridgehead atoms. The second-order valence-electron chi connectivity index (χ2n) is 4.29. The number of hydrogen-bond donors (Lipinski definition) is 0. The average Bonchev–Trinajstić information content (AvgIpc) is 2.16. The number of nitrogens with zero attached hydrogens (tertiary/aromatic N) is 2. The first-order valence-electron chi connectivity index (χ1n) is 4.84. The number of ether oxygens (including phenoxy) is 1. The number of pyridine rings is 1. The molecule has 0 unspecified atom stereocenters. The Kier molecular flexibility index (Phi) is 4.11. The highest BCUT2D eigenvalue weighted by Crippen LogP contribution is 2.22. The SMILES string of the molecule is CN(C)C(C)(C)COc1ncccc1Br. The van der Waals surface area contributed by atoms with E-state index in [9.17, 15) is 0 Å². The van der Waals surface area contributed by atoms with Gasteiger partial charge in [0.05, 0.1) is 4.47 Å². The van der Waals surface area contributed by atoms with Gasteiger partial charge >= 0.3 is 0 Å². The van der Waals surface area contributed by atoms with Gasteiger partial charge in [0.1, 0.15) is 6.61 Å². The van der Waals surface area contributed by atoms with Gasteiger partial charge in [-0.2, -0.15) is 0 Å². The molecule has 0 aromatic carbocycles. The van der Waals surface area contributed by atoms with E-state index >= 15 is 0 Å². The van der Waals surface area contributed by atoms with Crippen LogP contribution in [0.4, 0.5) is 0 Å². The summed E-state index contributed by atoms with van der Waals surface area (Å²) in [5.74, 6) is 0.646. The monoisotopic (exact) mass is 272 g/mol. The lowest BCUT2D eigenvalue weighted by atomic mass is 10.1. The molecule has 1 rings (SSSR count). The van der Waals surface area contributed by atoms with Gasteiger partial charge in [0.2, 0.25) is 5.88 Å². The molecular weight excluding hydrogens is 256 g/mol. The third-order valence-corrected chi connectivity index (χ3v) is 3.10. The van der Waals surface area contributed by atoms with Gasteiger partial charge in [0.25, 0.3) is 0 Å². The molecule has 84 valence electrons. The molecule has 0 amide bonds. The maximum Gasteiger partial charge on any atom is 0.227 e. The van der Waals surface area contributed by atoms with Crippen molar-refractivity contribution in [1.29, 1.82) is 0 Å². The van der Waals surface area contributed by atoms with Crippen LogP contribution in [0.2, 0.25) is 0 Å². The van der Waals surface area contributed by atoms with Crippen LogP contribution in [0.5, 0.6) is 5.88 Å². The topological polar surface area (TPSA) is 25.4 Å². The fourth-order valence-electron chi connectivity index (χ4n) is 0.851. The van der Waals surface area contributed by atoms with Crippen LogP contribution in [-0.2, 0) is 0 Å². The van der Waals surface area contributed by atoms with Gasteiger partial charge in [0.15, 0.2) is 0 Å². The first-order valence-corrected chi connectivity index (χ1v) is 5.63. The van der Waals surface area contributed by atoms with E-state index in [2.05, 4.69) is 39.7 Å². The standard InChI is InChI=1S/C11H17BrN2O/c1-11(2,14(3)4)8-15-10-9(12)6-5-7-13-10/h5-7H,8H2,1-4H3. The molecule has 0 atom stereocenters. The smallest absolute Gasteiger partial charge is 0.227 e. The molecular formula is C11H17BrN2O. The van der Waals surface area contributed by atoms with Gasteiger partial charge in [-0.05, 0) is 56.0 Å². The summed E-state index contributed by atoms with van der Waals surface area (Å²) < 4.78 is 6.55. The predicted molar refractivity (Wildman–Crippen MR) is 65.2 cm³/mol. The molecule has 1 aromatic rings. The third-order valence-electron chi connectivity index (χ3n) is 2.50. The van der Waals surface area contributed by atoms with Crippen molar-refractivity contribution in [2.45, 2.75) is 19.4 Å². The Bertz CT molecular complexity index is 326. The summed E-state index contributed by atoms with van der Waals surface area (Å²) in [6.07, 6.45) is 1.72. The molecule has 4 heteroatoms. The summed E-state index contributed by atoms with van der Waals surface area (Å²) in [5, 5.41) is 0. The highest BCUT2D eigenvalue weighted by molar-refractivity contribution is 9.10. The summed E-state index contributed by atoms with van der Waals surface area (Å²) in [6, 6.07) is 3.79. The molecule has 0 aliphatic heterocycles. The van der Waals surface area contributed by atoms with Crippen LogP contribution in [0, 0.1) is 0 Å². The largest absolute Gasteiger partial charge is 0.475 e. The normalized spacial score (nSPS) is 11.9. The van der Waals surface area contributed by atoms with Gasteiger partial charge in [-0.15, -0.1) is 0 Å². The molecule has 3 nitrogen and oxygen atoms in total. The molecule has 0 N–H and O–H groups in total. The number of rotatable bonds is 4. The van der Waals surface area contributed by atoms with Crippen molar-refractivity contribution < 1.29 is 4.74 Å². The fraction of sp³-hybridized carbons (Fsp3) is 0.545. The van der Waals surface area contributed by atoms with Crippen molar-refractivity contribution in [1.82, 2.24) is 9.88 Å². The molecule has 0 aliphatic carbocycles.